The molecule has 0 saturated carbocycles. The Morgan fingerprint density at radius 2 is 1.71 bits per heavy atom. The van der Waals surface area contributed by atoms with E-state index in [-0.39, 0.29) is 23.6 Å². The summed E-state index contributed by atoms with van der Waals surface area (Å²) in [4.78, 5) is 25.0. The minimum Gasteiger partial charge on any atom is -0.508 e. The van der Waals surface area contributed by atoms with Crippen LogP contribution in [0.15, 0.2) is 39.5 Å². The number of methoxy groups -OCH3 is 2. The highest BCUT2D eigenvalue weighted by Crippen LogP contribution is 2.29. The lowest BCUT2D eigenvalue weighted by Crippen LogP contribution is -2.20. The van der Waals surface area contributed by atoms with Crippen molar-refractivity contribution in [2.75, 3.05) is 19.5 Å². The maximum absolute atomic E-state index is 12.5. The van der Waals surface area contributed by atoms with E-state index in [2.05, 4.69) is 5.32 Å². The molecule has 1 heterocycles. The van der Waals surface area contributed by atoms with Crippen molar-refractivity contribution in [1.82, 2.24) is 0 Å². The van der Waals surface area contributed by atoms with Crippen molar-refractivity contribution in [3.8, 4) is 17.2 Å². The molecule has 0 aliphatic rings. The standard InChI is InChI=1S/C21H21NO6/c1-11-16-5-6-18(23)12(2)20(16)28-21(25)17(11)10-19(24)22-13-7-14(26-3)9-15(8-13)27-4/h5-9,23H,10H2,1-4H3,(H,22,24). The lowest BCUT2D eigenvalue weighted by Gasteiger charge is -2.12. The topological polar surface area (TPSA) is 98.0 Å². The fraction of sp³-hybridized carbons (Fsp3) is 0.238. The van der Waals surface area contributed by atoms with E-state index in [0.29, 0.717) is 39.3 Å². The summed E-state index contributed by atoms with van der Waals surface area (Å²) < 4.78 is 15.7. The molecule has 0 aliphatic heterocycles. The van der Waals surface area contributed by atoms with Crippen LogP contribution in [0.3, 0.4) is 0 Å². The summed E-state index contributed by atoms with van der Waals surface area (Å²) in [6.45, 7) is 3.43. The summed E-state index contributed by atoms with van der Waals surface area (Å²) in [6.07, 6.45) is -0.149. The number of carbonyl (C=O) groups is 1. The van der Waals surface area contributed by atoms with Crippen LogP contribution in [0, 0.1) is 13.8 Å². The molecule has 7 heteroatoms. The molecule has 0 aliphatic carbocycles. The van der Waals surface area contributed by atoms with Gasteiger partial charge in [-0.2, -0.15) is 0 Å². The van der Waals surface area contributed by atoms with Crippen LogP contribution < -0.4 is 20.4 Å². The third kappa shape index (κ3) is 3.64. The van der Waals surface area contributed by atoms with Gasteiger partial charge in [0.2, 0.25) is 5.91 Å². The van der Waals surface area contributed by atoms with Gasteiger partial charge in [-0.05, 0) is 31.5 Å². The summed E-state index contributed by atoms with van der Waals surface area (Å²) in [7, 11) is 3.04. The first kappa shape index (κ1) is 19.3. The van der Waals surface area contributed by atoms with Crippen LogP contribution in [0.1, 0.15) is 16.7 Å². The van der Waals surface area contributed by atoms with Crippen molar-refractivity contribution in [2.24, 2.45) is 0 Å². The second-order valence-corrected chi connectivity index (χ2v) is 6.41. The van der Waals surface area contributed by atoms with Gasteiger partial charge in [0.1, 0.15) is 22.8 Å². The van der Waals surface area contributed by atoms with Crippen molar-refractivity contribution in [2.45, 2.75) is 20.3 Å². The summed E-state index contributed by atoms with van der Waals surface area (Å²) >= 11 is 0. The molecular weight excluding hydrogens is 362 g/mol. The number of rotatable bonds is 5. The molecular formula is C21H21NO6. The number of nitrogens with one attached hydrogen (secondary N) is 1. The Bertz CT molecular complexity index is 1090. The normalized spacial score (nSPS) is 10.7. The van der Waals surface area contributed by atoms with Gasteiger partial charge in [-0.25, -0.2) is 4.79 Å². The van der Waals surface area contributed by atoms with E-state index in [9.17, 15) is 14.7 Å². The number of phenols is 1. The molecule has 3 aromatic rings. The average molecular weight is 383 g/mol. The van der Waals surface area contributed by atoms with Gasteiger partial charge in [0.15, 0.2) is 0 Å². The van der Waals surface area contributed by atoms with E-state index in [4.69, 9.17) is 13.9 Å². The van der Waals surface area contributed by atoms with E-state index >= 15 is 0 Å². The molecule has 0 radical (unpaired) electrons. The monoisotopic (exact) mass is 383 g/mol. The Kier molecular flexibility index (Phi) is 5.26. The number of ether oxygens (including phenoxy) is 2. The number of anilines is 1. The molecule has 1 amide bonds. The Balaban J connectivity index is 1.92. The molecule has 0 atom stereocenters. The average Bonchev–Trinajstić information content (AvgIpc) is 2.68. The van der Waals surface area contributed by atoms with Crippen LogP contribution >= 0.6 is 0 Å². The maximum Gasteiger partial charge on any atom is 0.340 e. The molecule has 2 N–H and O–H groups in total. The predicted molar refractivity (Wildman–Crippen MR) is 106 cm³/mol. The van der Waals surface area contributed by atoms with E-state index in [1.165, 1.54) is 20.3 Å². The molecule has 2 aromatic carbocycles. The summed E-state index contributed by atoms with van der Waals surface area (Å²) in [5.41, 5.74) is 1.61. The first-order chi connectivity index (χ1) is 13.3. The van der Waals surface area contributed by atoms with Gasteiger partial charge in [0.05, 0.1) is 26.2 Å². The number of aryl methyl sites for hydroxylation is 2. The second kappa shape index (κ2) is 7.64. The number of aromatic hydroxyl groups is 1. The number of benzene rings is 2. The Morgan fingerprint density at radius 1 is 1.07 bits per heavy atom. The van der Waals surface area contributed by atoms with E-state index in [1.54, 1.807) is 38.1 Å². The fourth-order valence-corrected chi connectivity index (χ4v) is 3.03. The van der Waals surface area contributed by atoms with Crippen LogP contribution in [-0.2, 0) is 11.2 Å². The molecule has 0 spiro atoms. The highest BCUT2D eigenvalue weighted by Gasteiger charge is 2.17. The maximum atomic E-state index is 12.5. The lowest BCUT2D eigenvalue weighted by atomic mass is 10.0. The number of hydrogen-bond acceptors (Lipinski definition) is 6. The van der Waals surface area contributed by atoms with Crippen molar-refractivity contribution >= 4 is 22.6 Å². The minimum atomic E-state index is -0.600. The van der Waals surface area contributed by atoms with Crippen molar-refractivity contribution < 1.29 is 23.8 Å². The van der Waals surface area contributed by atoms with Gasteiger partial charge < -0.3 is 24.3 Å². The third-order valence-corrected chi connectivity index (χ3v) is 4.65. The van der Waals surface area contributed by atoms with Crippen molar-refractivity contribution in [1.29, 1.82) is 0 Å². The summed E-state index contributed by atoms with van der Waals surface area (Å²) in [5, 5.41) is 13.2. The van der Waals surface area contributed by atoms with Crippen LogP contribution in [0.2, 0.25) is 0 Å². The smallest absolute Gasteiger partial charge is 0.340 e. The van der Waals surface area contributed by atoms with Gasteiger partial charge in [0, 0.05) is 34.8 Å². The molecule has 0 bridgehead atoms. The summed E-state index contributed by atoms with van der Waals surface area (Å²) in [5.74, 6) is 0.741. The van der Waals surface area contributed by atoms with E-state index in [1.807, 2.05) is 0 Å². The first-order valence-electron chi connectivity index (χ1n) is 8.61. The number of amides is 1. The number of carbonyl (C=O) groups excluding carboxylic acids is 1. The fourth-order valence-electron chi connectivity index (χ4n) is 3.03. The highest BCUT2D eigenvalue weighted by atomic mass is 16.5. The van der Waals surface area contributed by atoms with Gasteiger partial charge in [-0.15, -0.1) is 0 Å². The van der Waals surface area contributed by atoms with Gasteiger partial charge in [-0.3, -0.25) is 4.79 Å². The van der Waals surface area contributed by atoms with Gasteiger partial charge in [-0.1, -0.05) is 0 Å². The SMILES string of the molecule is COc1cc(NC(=O)Cc2c(C)c3ccc(O)c(C)c3oc2=O)cc(OC)c1. The number of phenolic OH excluding ortho intramolecular Hbond substituents is 1. The lowest BCUT2D eigenvalue weighted by molar-refractivity contribution is -0.115. The zero-order valence-electron chi connectivity index (χ0n) is 16.1. The molecule has 146 valence electrons. The predicted octanol–water partition coefficient (Wildman–Crippen LogP) is 3.31. The zero-order chi connectivity index (χ0) is 20.4. The molecule has 7 nitrogen and oxygen atoms in total. The van der Waals surface area contributed by atoms with E-state index in [0.717, 1.165) is 0 Å². The van der Waals surface area contributed by atoms with Gasteiger partial charge >= 0.3 is 5.63 Å². The first-order valence-corrected chi connectivity index (χ1v) is 8.61. The van der Waals surface area contributed by atoms with Crippen LogP contribution in [-0.4, -0.2) is 25.2 Å². The van der Waals surface area contributed by atoms with Gasteiger partial charge in [0.25, 0.3) is 0 Å². The van der Waals surface area contributed by atoms with Crippen molar-refractivity contribution in [3.05, 3.63) is 57.4 Å². The summed E-state index contributed by atoms with van der Waals surface area (Å²) in [6, 6.07) is 8.21. The Labute approximate surface area is 161 Å². The Hall–Kier alpha value is -3.48. The molecule has 0 fully saturated rings. The van der Waals surface area contributed by atoms with Crippen LogP contribution in [0.5, 0.6) is 17.2 Å². The second-order valence-electron chi connectivity index (χ2n) is 6.41. The zero-order valence-corrected chi connectivity index (χ0v) is 16.1. The van der Waals surface area contributed by atoms with E-state index < -0.39 is 5.63 Å². The molecule has 0 unspecified atom stereocenters. The third-order valence-electron chi connectivity index (χ3n) is 4.65. The van der Waals surface area contributed by atoms with Crippen LogP contribution in [0.25, 0.3) is 11.0 Å². The minimum absolute atomic E-state index is 0.0486. The van der Waals surface area contributed by atoms with Crippen LogP contribution in [0.4, 0.5) is 5.69 Å². The van der Waals surface area contributed by atoms with Crippen molar-refractivity contribution in [3.63, 3.8) is 0 Å². The molecule has 0 saturated heterocycles. The Morgan fingerprint density at radius 3 is 2.32 bits per heavy atom. The quantitative estimate of drug-likeness (QED) is 0.656. The largest absolute Gasteiger partial charge is 0.508 e. The highest BCUT2D eigenvalue weighted by molar-refractivity contribution is 5.94. The molecule has 1 aromatic heterocycles. The molecule has 3 rings (SSSR count). The number of hydrogen-bond donors (Lipinski definition) is 2. The number of fused-ring (bicyclic) bond motifs is 1. The molecule has 28 heavy (non-hydrogen) atoms.